The van der Waals surface area contributed by atoms with Crippen molar-refractivity contribution in [1.82, 2.24) is 9.88 Å². The van der Waals surface area contributed by atoms with Gasteiger partial charge < -0.3 is 4.90 Å². The monoisotopic (exact) mass is 258 g/mol. The highest BCUT2D eigenvalue weighted by Crippen LogP contribution is 2.27. The molecule has 0 spiro atoms. The molecular weight excluding hydrogens is 244 g/mol. The van der Waals surface area contributed by atoms with Crippen LogP contribution in [0.1, 0.15) is 35.4 Å². The molecular formula is C11H15ClN2OS. The van der Waals surface area contributed by atoms with Gasteiger partial charge in [-0.15, -0.1) is 22.9 Å². The molecule has 5 heteroatoms. The van der Waals surface area contributed by atoms with Gasteiger partial charge in [0.2, 0.25) is 0 Å². The van der Waals surface area contributed by atoms with Crippen LogP contribution < -0.4 is 0 Å². The van der Waals surface area contributed by atoms with Crippen LogP contribution in [-0.4, -0.2) is 34.3 Å². The van der Waals surface area contributed by atoms with Gasteiger partial charge in [0, 0.05) is 18.5 Å². The second-order valence-electron chi connectivity index (χ2n) is 3.99. The van der Waals surface area contributed by atoms with Crippen LogP contribution in [0.15, 0.2) is 11.7 Å². The molecule has 1 aliphatic carbocycles. The van der Waals surface area contributed by atoms with E-state index in [0.29, 0.717) is 11.9 Å². The third-order valence-electron chi connectivity index (χ3n) is 2.95. The van der Waals surface area contributed by atoms with Gasteiger partial charge in [-0.1, -0.05) is 0 Å². The molecule has 1 aromatic rings. The summed E-state index contributed by atoms with van der Waals surface area (Å²) in [6.07, 6.45) is 6.01. The maximum atomic E-state index is 12.2. The molecule has 0 aliphatic heterocycles. The van der Waals surface area contributed by atoms with E-state index in [4.69, 9.17) is 11.6 Å². The van der Waals surface area contributed by atoms with Crippen molar-refractivity contribution in [2.45, 2.75) is 31.7 Å². The summed E-state index contributed by atoms with van der Waals surface area (Å²) in [4.78, 5) is 18.9. The van der Waals surface area contributed by atoms with Gasteiger partial charge in [-0.2, -0.15) is 0 Å². The fourth-order valence-electron chi connectivity index (χ4n) is 1.84. The number of amides is 1. The van der Waals surface area contributed by atoms with Gasteiger partial charge in [0.25, 0.3) is 5.91 Å². The molecule has 1 aliphatic rings. The Hall–Kier alpha value is -0.610. The summed E-state index contributed by atoms with van der Waals surface area (Å²) in [6, 6.07) is 0.429. The maximum absolute atomic E-state index is 12.2. The van der Waals surface area contributed by atoms with Crippen molar-refractivity contribution in [3.8, 4) is 0 Å². The van der Waals surface area contributed by atoms with Gasteiger partial charge in [0.15, 0.2) is 0 Å². The molecule has 0 N–H and O–H groups in total. The Morgan fingerprint density at radius 2 is 2.44 bits per heavy atom. The van der Waals surface area contributed by atoms with E-state index in [1.807, 2.05) is 4.90 Å². The Morgan fingerprint density at radius 1 is 1.62 bits per heavy atom. The lowest BCUT2D eigenvalue weighted by Gasteiger charge is -2.37. The molecule has 16 heavy (non-hydrogen) atoms. The normalized spacial score (nSPS) is 15.8. The third kappa shape index (κ3) is 2.55. The lowest BCUT2D eigenvalue weighted by atomic mass is 9.91. The standard InChI is InChI=1S/C11H15ClN2OS/c12-5-2-6-14(9-3-1-4-9)11(15)10-7-13-8-16-10/h7-9H,1-6H2. The van der Waals surface area contributed by atoms with Gasteiger partial charge in [-0.25, -0.2) is 0 Å². The van der Waals surface area contributed by atoms with Gasteiger partial charge in [-0.05, 0) is 25.7 Å². The zero-order chi connectivity index (χ0) is 11.4. The highest BCUT2D eigenvalue weighted by atomic mass is 35.5. The average Bonchev–Trinajstić information content (AvgIpc) is 2.73. The highest BCUT2D eigenvalue weighted by Gasteiger charge is 2.29. The third-order valence-corrected chi connectivity index (χ3v) is 3.98. The number of nitrogens with zero attached hydrogens (tertiary/aromatic N) is 2. The van der Waals surface area contributed by atoms with Crippen LogP contribution in [0, 0.1) is 0 Å². The highest BCUT2D eigenvalue weighted by molar-refractivity contribution is 7.11. The second-order valence-corrected chi connectivity index (χ2v) is 5.26. The molecule has 88 valence electrons. The molecule has 0 radical (unpaired) electrons. The molecule has 0 bridgehead atoms. The van der Waals surface area contributed by atoms with E-state index in [9.17, 15) is 4.79 Å². The molecule has 1 heterocycles. The van der Waals surface area contributed by atoms with E-state index >= 15 is 0 Å². The van der Waals surface area contributed by atoms with E-state index in [1.165, 1.54) is 17.8 Å². The van der Waals surface area contributed by atoms with Crippen LogP contribution in [-0.2, 0) is 0 Å². The van der Waals surface area contributed by atoms with Gasteiger partial charge in [-0.3, -0.25) is 9.78 Å². The molecule has 2 rings (SSSR count). The number of aromatic nitrogens is 1. The first-order valence-corrected chi connectivity index (χ1v) is 6.99. The van der Waals surface area contributed by atoms with E-state index in [0.717, 1.165) is 30.7 Å². The molecule has 0 unspecified atom stereocenters. The molecule has 0 aromatic carbocycles. The molecule has 1 aromatic heterocycles. The van der Waals surface area contributed by atoms with Crippen LogP contribution in [0.2, 0.25) is 0 Å². The number of hydrogen-bond acceptors (Lipinski definition) is 3. The SMILES string of the molecule is O=C(c1cncs1)N(CCCCl)C1CCC1. The lowest BCUT2D eigenvalue weighted by molar-refractivity contribution is 0.0585. The summed E-state index contributed by atoms with van der Waals surface area (Å²) in [5.41, 5.74) is 1.70. The zero-order valence-corrected chi connectivity index (χ0v) is 10.6. The van der Waals surface area contributed by atoms with Crippen molar-refractivity contribution in [2.75, 3.05) is 12.4 Å². The Morgan fingerprint density at radius 3 is 2.94 bits per heavy atom. The van der Waals surface area contributed by atoms with Crippen LogP contribution in [0.3, 0.4) is 0 Å². The van der Waals surface area contributed by atoms with Crippen molar-refractivity contribution < 1.29 is 4.79 Å². The average molecular weight is 259 g/mol. The Kier molecular flexibility index (Phi) is 4.18. The number of alkyl halides is 1. The predicted molar refractivity (Wildman–Crippen MR) is 66.1 cm³/mol. The number of thiazole rings is 1. The molecule has 3 nitrogen and oxygen atoms in total. The Bertz CT molecular complexity index is 338. The van der Waals surface area contributed by atoms with E-state index in [2.05, 4.69) is 4.98 Å². The fourth-order valence-corrected chi connectivity index (χ4v) is 2.54. The number of hydrogen-bond donors (Lipinski definition) is 0. The van der Waals surface area contributed by atoms with Crippen molar-refractivity contribution in [3.05, 3.63) is 16.6 Å². The smallest absolute Gasteiger partial charge is 0.265 e. The van der Waals surface area contributed by atoms with Crippen LogP contribution >= 0.6 is 22.9 Å². The van der Waals surface area contributed by atoms with Gasteiger partial charge in [0.05, 0.1) is 11.7 Å². The summed E-state index contributed by atoms with van der Waals surface area (Å²) in [5, 5.41) is 0. The van der Waals surface area contributed by atoms with Gasteiger partial charge >= 0.3 is 0 Å². The molecule has 0 atom stereocenters. The van der Waals surface area contributed by atoms with Gasteiger partial charge in [0.1, 0.15) is 4.88 Å². The summed E-state index contributed by atoms with van der Waals surface area (Å²) in [5.74, 6) is 0.733. The molecule has 0 saturated heterocycles. The van der Waals surface area contributed by atoms with Crippen LogP contribution in [0.4, 0.5) is 0 Å². The largest absolute Gasteiger partial charge is 0.335 e. The van der Waals surface area contributed by atoms with E-state index < -0.39 is 0 Å². The summed E-state index contributed by atoms with van der Waals surface area (Å²) >= 11 is 7.10. The molecule has 1 saturated carbocycles. The number of halogens is 1. The minimum Gasteiger partial charge on any atom is -0.335 e. The minimum atomic E-state index is 0.123. The Labute approximate surface area is 104 Å². The quantitative estimate of drug-likeness (QED) is 0.761. The van der Waals surface area contributed by atoms with Crippen molar-refractivity contribution in [1.29, 1.82) is 0 Å². The first-order chi connectivity index (χ1) is 7.83. The Balaban J connectivity index is 2.02. The van der Waals surface area contributed by atoms with E-state index in [1.54, 1.807) is 11.7 Å². The van der Waals surface area contributed by atoms with Crippen molar-refractivity contribution in [2.24, 2.45) is 0 Å². The number of carbonyl (C=O) groups excluding carboxylic acids is 1. The lowest BCUT2D eigenvalue weighted by Crippen LogP contribution is -2.44. The topological polar surface area (TPSA) is 33.2 Å². The number of carbonyl (C=O) groups is 1. The van der Waals surface area contributed by atoms with E-state index in [-0.39, 0.29) is 5.91 Å². The summed E-state index contributed by atoms with van der Waals surface area (Å²) in [7, 11) is 0. The predicted octanol–water partition coefficient (Wildman–Crippen LogP) is 2.77. The fraction of sp³-hybridized carbons (Fsp3) is 0.636. The maximum Gasteiger partial charge on any atom is 0.265 e. The molecule has 1 fully saturated rings. The van der Waals surface area contributed by atoms with Crippen molar-refractivity contribution in [3.63, 3.8) is 0 Å². The van der Waals surface area contributed by atoms with Crippen LogP contribution in [0.5, 0.6) is 0 Å². The molecule has 1 amide bonds. The summed E-state index contributed by atoms with van der Waals surface area (Å²) < 4.78 is 0. The first-order valence-electron chi connectivity index (χ1n) is 5.58. The minimum absolute atomic E-state index is 0.123. The van der Waals surface area contributed by atoms with Crippen LogP contribution in [0.25, 0.3) is 0 Å². The number of rotatable bonds is 5. The first kappa shape index (κ1) is 11.9. The summed E-state index contributed by atoms with van der Waals surface area (Å²) in [6.45, 7) is 0.769. The van der Waals surface area contributed by atoms with Crippen molar-refractivity contribution >= 4 is 28.8 Å². The second kappa shape index (κ2) is 5.64. The zero-order valence-electron chi connectivity index (χ0n) is 9.06.